The molecule has 1 atom stereocenters. The molecule has 0 aliphatic carbocycles. The number of nitrogens with one attached hydrogen (secondary N) is 2. The number of methoxy groups -OCH3 is 1. The van der Waals surface area contributed by atoms with E-state index < -0.39 is 5.56 Å². The number of rotatable bonds is 9. The Labute approximate surface area is 220 Å². The summed E-state index contributed by atoms with van der Waals surface area (Å²) in [4.78, 5) is 26.1. The molecule has 9 heteroatoms. The molecule has 0 bridgehead atoms. The summed E-state index contributed by atoms with van der Waals surface area (Å²) in [6.45, 7) is 1.23. The lowest BCUT2D eigenvalue weighted by molar-refractivity contribution is 0.0858. The molecular weight excluding hydrogens is 484 g/mol. The quantitative estimate of drug-likeness (QED) is 0.335. The van der Waals surface area contributed by atoms with E-state index in [4.69, 9.17) is 14.2 Å². The van der Waals surface area contributed by atoms with E-state index >= 15 is 0 Å². The first kappa shape index (κ1) is 25.0. The van der Waals surface area contributed by atoms with Crippen molar-refractivity contribution in [1.29, 1.82) is 0 Å². The Morgan fingerprint density at radius 2 is 1.79 bits per heavy atom. The van der Waals surface area contributed by atoms with Crippen molar-refractivity contribution in [3.8, 4) is 22.9 Å². The second kappa shape index (κ2) is 11.6. The third kappa shape index (κ3) is 5.84. The Morgan fingerprint density at radius 1 is 1.03 bits per heavy atom. The van der Waals surface area contributed by atoms with Crippen LogP contribution in [-0.2, 0) is 4.74 Å². The summed E-state index contributed by atoms with van der Waals surface area (Å²) in [5, 5.41) is 10.4. The van der Waals surface area contributed by atoms with Crippen LogP contribution in [-0.4, -0.2) is 42.1 Å². The molecule has 1 aliphatic rings. The summed E-state index contributed by atoms with van der Waals surface area (Å²) in [6, 6.07) is 23.1. The van der Waals surface area contributed by atoms with Crippen LogP contribution in [0, 0.1) is 0 Å². The number of carbonyl (C=O) groups is 1. The zero-order valence-corrected chi connectivity index (χ0v) is 20.9. The van der Waals surface area contributed by atoms with E-state index in [1.54, 1.807) is 67.8 Å². The fourth-order valence-corrected chi connectivity index (χ4v) is 4.12. The highest BCUT2D eigenvalue weighted by molar-refractivity contribution is 5.94. The summed E-state index contributed by atoms with van der Waals surface area (Å²) in [6.07, 6.45) is 3.54. The van der Waals surface area contributed by atoms with Crippen molar-refractivity contribution in [2.75, 3.05) is 25.6 Å². The first-order valence-electron chi connectivity index (χ1n) is 12.4. The van der Waals surface area contributed by atoms with Gasteiger partial charge in [0.2, 0.25) is 0 Å². The van der Waals surface area contributed by atoms with Crippen LogP contribution in [0.25, 0.3) is 5.69 Å². The minimum atomic E-state index is -0.401. The van der Waals surface area contributed by atoms with Crippen LogP contribution in [0.1, 0.15) is 23.2 Å². The number of amides is 1. The van der Waals surface area contributed by atoms with Gasteiger partial charge in [0.05, 0.1) is 25.1 Å². The first-order chi connectivity index (χ1) is 18.6. The molecule has 1 amide bonds. The summed E-state index contributed by atoms with van der Waals surface area (Å²) < 4.78 is 18.1. The van der Waals surface area contributed by atoms with E-state index in [9.17, 15) is 9.59 Å². The van der Waals surface area contributed by atoms with E-state index in [1.165, 1.54) is 10.9 Å². The fraction of sp³-hybridized carbons (Fsp3) is 0.207. The van der Waals surface area contributed by atoms with Crippen LogP contribution in [0.15, 0.2) is 89.9 Å². The molecule has 1 saturated heterocycles. The highest BCUT2D eigenvalue weighted by Crippen LogP contribution is 2.29. The number of benzene rings is 3. The number of ether oxygens (including phenoxy) is 3. The van der Waals surface area contributed by atoms with Crippen LogP contribution in [0.5, 0.6) is 17.2 Å². The SMILES string of the molecule is COc1ccc(-n2ncc(Oc3ccccc3)c(Nc3ccc(C(=O)NC[C@@H]4CCCO4)cc3)c2=O)cc1. The molecule has 2 heterocycles. The Kier molecular flexibility index (Phi) is 7.65. The van der Waals surface area contributed by atoms with E-state index in [0.717, 1.165) is 19.4 Å². The highest BCUT2D eigenvalue weighted by Gasteiger charge is 2.18. The fourth-order valence-electron chi connectivity index (χ4n) is 4.12. The standard InChI is InChI=1S/C29H28N4O5/c1-36-23-15-13-22(14-16-23)33-29(35)27(26(19-31-33)38-24-6-3-2-4-7-24)32-21-11-9-20(10-12-21)28(34)30-18-25-8-5-17-37-25/h2-4,6-7,9-16,19,25,32H,5,8,17-18H2,1H3,(H,30,34)/t25-/m0/s1. The van der Waals surface area contributed by atoms with Crippen LogP contribution in [0.4, 0.5) is 11.4 Å². The maximum absolute atomic E-state index is 13.6. The van der Waals surface area contributed by atoms with Gasteiger partial charge in [-0.1, -0.05) is 18.2 Å². The predicted octanol–water partition coefficient (Wildman–Crippen LogP) is 4.69. The molecule has 0 radical (unpaired) electrons. The Balaban J connectivity index is 1.40. The van der Waals surface area contributed by atoms with Gasteiger partial charge in [-0.3, -0.25) is 9.59 Å². The summed E-state index contributed by atoms with van der Waals surface area (Å²) in [5.41, 5.74) is 1.50. The molecule has 5 rings (SSSR count). The monoisotopic (exact) mass is 512 g/mol. The maximum atomic E-state index is 13.6. The van der Waals surface area contributed by atoms with Crippen LogP contribution in [0.2, 0.25) is 0 Å². The van der Waals surface area contributed by atoms with E-state index in [-0.39, 0.29) is 23.4 Å². The van der Waals surface area contributed by atoms with Crippen LogP contribution in [0.3, 0.4) is 0 Å². The van der Waals surface area contributed by atoms with Crippen molar-refractivity contribution in [1.82, 2.24) is 15.1 Å². The second-order valence-corrected chi connectivity index (χ2v) is 8.76. The average molecular weight is 513 g/mol. The summed E-state index contributed by atoms with van der Waals surface area (Å²) in [5.74, 6) is 1.33. The molecule has 4 aromatic rings. The molecule has 0 saturated carbocycles. The number of carbonyl (C=O) groups excluding carboxylic acids is 1. The normalized spacial score (nSPS) is 14.6. The molecular formula is C29H28N4O5. The molecule has 9 nitrogen and oxygen atoms in total. The van der Waals surface area contributed by atoms with E-state index in [0.29, 0.717) is 35.0 Å². The van der Waals surface area contributed by atoms with Crippen molar-refractivity contribution in [3.05, 3.63) is 101 Å². The van der Waals surface area contributed by atoms with Gasteiger partial charge >= 0.3 is 0 Å². The number of nitrogens with zero attached hydrogens (tertiary/aromatic N) is 2. The third-order valence-electron chi connectivity index (χ3n) is 6.16. The molecule has 0 unspecified atom stereocenters. The number of aromatic nitrogens is 2. The Bertz CT molecular complexity index is 1430. The molecule has 194 valence electrons. The zero-order chi connectivity index (χ0) is 26.3. The molecule has 1 fully saturated rings. The summed E-state index contributed by atoms with van der Waals surface area (Å²) in [7, 11) is 1.58. The van der Waals surface area contributed by atoms with Gasteiger partial charge in [0.15, 0.2) is 11.4 Å². The van der Waals surface area contributed by atoms with E-state index in [1.807, 2.05) is 18.2 Å². The molecule has 0 spiro atoms. The van der Waals surface area contributed by atoms with Crippen molar-refractivity contribution in [2.45, 2.75) is 18.9 Å². The Morgan fingerprint density at radius 3 is 2.47 bits per heavy atom. The average Bonchev–Trinajstić information content (AvgIpc) is 3.49. The minimum absolute atomic E-state index is 0.0717. The van der Waals surface area contributed by atoms with Gasteiger partial charge in [0, 0.05) is 24.4 Å². The second-order valence-electron chi connectivity index (χ2n) is 8.76. The topological polar surface area (TPSA) is 104 Å². The number of hydrogen-bond donors (Lipinski definition) is 2. The lowest BCUT2D eigenvalue weighted by Crippen LogP contribution is -2.31. The van der Waals surface area contributed by atoms with Crippen molar-refractivity contribution >= 4 is 17.3 Å². The number of hydrogen-bond acceptors (Lipinski definition) is 7. The molecule has 1 aliphatic heterocycles. The maximum Gasteiger partial charge on any atom is 0.299 e. The minimum Gasteiger partial charge on any atom is -0.497 e. The molecule has 3 aromatic carbocycles. The summed E-state index contributed by atoms with van der Waals surface area (Å²) >= 11 is 0. The predicted molar refractivity (Wildman–Crippen MR) is 144 cm³/mol. The van der Waals surface area contributed by atoms with E-state index in [2.05, 4.69) is 15.7 Å². The smallest absolute Gasteiger partial charge is 0.299 e. The van der Waals surface area contributed by atoms with Crippen LogP contribution >= 0.6 is 0 Å². The molecule has 38 heavy (non-hydrogen) atoms. The molecule has 1 aromatic heterocycles. The van der Waals surface area contributed by atoms with Crippen molar-refractivity contribution in [2.24, 2.45) is 0 Å². The largest absolute Gasteiger partial charge is 0.497 e. The number of anilines is 2. The van der Waals surface area contributed by atoms with Crippen molar-refractivity contribution in [3.63, 3.8) is 0 Å². The van der Waals surface area contributed by atoms with Gasteiger partial charge in [-0.25, -0.2) is 0 Å². The lowest BCUT2D eigenvalue weighted by atomic mass is 10.1. The van der Waals surface area contributed by atoms with Gasteiger partial charge < -0.3 is 24.8 Å². The van der Waals surface area contributed by atoms with Gasteiger partial charge in [-0.05, 0) is 73.5 Å². The zero-order valence-electron chi connectivity index (χ0n) is 20.9. The van der Waals surface area contributed by atoms with Crippen molar-refractivity contribution < 1.29 is 19.0 Å². The number of para-hydroxylation sites is 1. The Hall–Kier alpha value is -4.63. The van der Waals surface area contributed by atoms with Gasteiger partial charge in [0.1, 0.15) is 11.5 Å². The van der Waals surface area contributed by atoms with Gasteiger partial charge in [0.25, 0.3) is 11.5 Å². The van der Waals surface area contributed by atoms with Gasteiger partial charge in [-0.2, -0.15) is 9.78 Å². The van der Waals surface area contributed by atoms with Gasteiger partial charge in [-0.15, -0.1) is 0 Å². The molecule has 2 N–H and O–H groups in total. The van der Waals surface area contributed by atoms with Crippen LogP contribution < -0.4 is 25.7 Å². The lowest BCUT2D eigenvalue weighted by Gasteiger charge is -2.15. The first-order valence-corrected chi connectivity index (χ1v) is 12.4. The highest BCUT2D eigenvalue weighted by atomic mass is 16.5. The third-order valence-corrected chi connectivity index (χ3v) is 6.16.